The summed E-state index contributed by atoms with van der Waals surface area (Å²) in [6, 6.07) is 8.60. The van der Waals surface area contributed by atoms with E-state index in [9.17, 15) is 4.79 Å². The molecule has 0 saturated heterocycles. The van der Waals surface area contributed by atoms with Crippen molar-refractivity contribution in [2.75, 3.05) is 13.7 Å². The number of rotatable bonds is 6. The summed E-state index contributed by atoms with van der Waals surface area (Å²) in [6.07, 6.45) is 3.92. The molecule has 21 heavy (non-hydrogen) atoms. The SMILES string of the molecule is CCOC(=O)C1CCC(NCc2cccc(OC)c2)CC1. The minimum atomic E-state index is -0.0243. The van der Waals surface area contributed by atoms with Gasteiger partial charge in [-0.2, -0.15) is 0 Å². The van der Waals surface area contributed by atoms with Crippen LogP contribution in [-0.2, 0) is 16.1 Å². The Hall–Kier alpha value is -1.55. The number of carbonyl (C=O) groups is 1. The van der Waals surface area contributed by atoms with Gasteiger partial charge >= 0.3 is 5.97 Å². The Labute approximate surface area is 126 Å². The first kappa shape index (κ1) is 15.8. The van der Waals surface area contributed by atoms with Crippen LogP contribution in [-0.4, -0.2) is 25.7 Å². The van der Waals surface area contributed by atoms with Crippen molar-refractivity contribution >= 4 is 5.97 Å². The molecule has 0 amide bonds. The van der Waals surface area contributed by atoms with E-state index in [1.54, 1.807) is 7.11 Å². The zero-order valence-electron chi connectivity index (χ0n) is 12.9. The molecule has 0 unspecified atom stereocenters. The van der Waals surface area contributed by atoms with Gasteiger partial charge in [-0.25, -0.2) is 0 Å². The molecule has 116 valence electrons. The van der Waals surface area contributed by atoms with Crippen molar-refractivity contribution in [3.05, 3.63) is 29.8 Å². The maximum absolute atomic E-state index is 11.7. The first-order chi connectivity index (χ1) is 10.2. The molecule has 0 atom stereocenters. The third kappa shape index (κ3) is 4.74. The molecule has 1 aromatic carbocycles. The zero-order chi connectivity index (χ0) is 15.1. The lowest BCUT2D eigenvalue weighted by Gasteiger charge is -2.28. The van der Waals surface area contributed by atoms with Crippen molar-refractivity contribution in [3.63, 3.8) is 0 Å². The lowest BCUT2D eigenvalue weighted by atomic mass is 9.86. The van der Waals surface area contributed by atoms with Crippen LogP contribution in [0.4, 0.5) is 0 Å². The number of hydrogen-bond donors (Lipinski definition) is 1. The highest BCUT2D eigenvalue weighted by atomic mass is 16.5. The summed E-state index contributed by atoms with van der Waals surface area (Å²) < 4.78 is 10.3. The first-order valence-electron chi connectivity index (χ1n) is 7.76. The van der Waals surface area contributed by atoms with E-state index in [4.69, 9.17) is 9.47 Å². The Bertz CT molecular complexity index is 453. The van der Waals surface area contributed by atoms with Gasteiger partial charge in [0.1, 0.15) is 5.75 Å². The summed E-state index contributed by atoms with van der Waals surface area (Å²) in [5, 5.41) is 3.57. The molecule has 0 radical (unpaired) electrons. The Balaban J connectivity index is 1.74. The summed E-state index contributed by atoms with van der Waals surface area (Å²) >= 11 is 0. The normalized spacial score (nSPS) is 21.8. The predicted octanol–water partition coefficient (Wildman–Crippen LogP) is 2.91. The standard InChI is InChI=1S/C17H25NO3/c1-3-21-17(19)14-7-9-15(10-8-14)18-12-13-5-4-6-16(11-13)20-2/h4-6,11,14-15,18H,3,7-10,12H2,1-2H3. The second-order valence-electron chi connectivity index (χ2n) is 5.53. The highest BCUT2D eigenvalue weighted by Crippen LogP contribution is 2.25. The molecule has 1 aromatic rings. The van der Waals surface area contributed by atoms with E-state index in [2.05, 4.69) is 17.4 Å². The van der Waals surface area contributed by atoms with Gasteiger partial charge in [-0.3, -0.25) is 4.79 Å². The largest absolute Gasteiger partial charge is 0.497 e. The Morgan fingerprint density at radius 1 is 1.29 bits per heavy atom. The van der Waals surface area contributed by atoms with Crippen LogP contribution in [0.5, 0.6) is 5.75 Å². The van der Waals surface area contributed by atoms with Crippen molar-refractivity contribution in [2.24, 2.45) is 5.92 Å². The molecule has 4 nitrogen and oxygen atoms in total. The molecular formula is C17H25NO3. The first-order valence-corrected chi connectivity index (χ1v) is 7.76. The number of esters is 1. The lowest BCUT2D eigenvalue weighted by molar-refractivity contribution is -0.149. The lowest BCUT2D eigenvalue weighted by Crippen LogP contribution is -2.35. The molecular weight excluding hydrogens is 266 g/mol. The predicted molar refractivity (Wildman–Crippen MR) is 82.2 cm³/mol. The molecule has 1 N–H and O–H groups in total. The van der Waals surface area contributed by atoms with Crippen LogP contribution in [0, 0.1) is 5.92 Å². The van der Waals surface area contributed by atoms with Gasteiger partial charge in [0, 0.05) is 12.6 Å². The van der Waals surface area contributed by atoms with Crippen LogP contribution < -0.4 is 10.1 Å². The average Bonchev–Trinajstić information content (AvgIpc) is 2.54. The Kier molecular flexibility index (Phi) is 6.05. The minimum Gasteiger partial charge on any atom is -0.497 e. The van der Waals surface area contributed by atoms with Crippen molar-refractivity contribution in [3.8, 4) is 5.75 Å². The topological polar surface area (TPSA) is 47.6 Å². The Morgan fingerprint density at radius 2 is 2.05 bits per heavy atom. The highest BCUT2D eigenvalue weighted by Gasteiger charge is 2.26. The van der Waals surface area contributed by atoms with E-state index in [-0.39, 0.29) is 11.9 Å². The van der Waals surface area contributed by atoms with E-state index in [1.165, 1.54) is 5.56 Å². The van der Waals surface area contributed by atoms with E-state index in [1.807, 2.05) is 19.1 Å². The molecule has 1 aliphatic rings. The van der Waals surface area contributed by atoms with Crippen molar-refractivity contribution in [1.29, 1.82) is 0 Å². The second kappa shape index (κ2) is 8.03. The highest BCUT2D eigenvalue weighted by molar-refractivity contribution is 5.72. The van der Waals surface area contributed by atoms with Crippen LogP contribution in [0.1, 0.15) is 38.2 Å². The molecule has 0 bridgehead atoms. The molecule has 0 spiro atoms. The number of nitrogens with one attached hydrogen (secondary N) is 1. The molecule has 0 aromatic heterocycles. The minimum absolute atomic E-state index is 0.0243. The number of benzene rings is 1. The number of carbonyl (C=O) groups excluding carboxylic acids is 1. The Morgan fingerprint density at radius 3 is 2.71 bits per heavy atom. The quantitative estimate of drug-likeness (QED) is 0.819. The van der Waals surface area contributed by atoms with Crippen LogP contribution in [0.15, 0.2) is 24.3 Å². The number of methoxy groups -OCH3 is 1. The maximum atomic E-state index is 11.7. The van der Waals surface area contributed by atoms with Crippen LogP contribution in [0.25, 0.3) is 0 Å². The average molecular weight is 291 g/mol. The molecule has 1 fully saturated rings. The van der Waals surface area contributed by atoms with Gasteiger partial charge in [0.25, 0.3) is 0 Å². The van der Waals surface area contributed by atoms with Gasteiger partial charge in [0.2, 0.25) is 0 Å². The van der Waals surface area contributed by atoms with E-state index >= 15 is 0 Å². The molecule has 2 rings (SSSR count). The maximum Gasteiger partial charge on any atom is 0.308 e. The van der Waals surface area contributed by atoms with Gasteiger partial charge < -0.3 is 14.8 Å². The van der Waals surface area contributed by atoms with E-state index < -0.39 is 0 Å². The fourth-order valence-corrected chi connectivity index (χ4v) is 2.84. The summed E-state index contributed by atoms with van der Waals surface area (Å²) in [4.78, 5) is 11.7. The third-order valence-corrected chi connectivity index (χ3v) is 4.08. The molecule has 4 heteroatoms. The molecule has 0 heterocycles. The molecule has 1 saturated carbocycles. The van der Waals surface area contributed by atoms with E-state index in [0.29, 0.717) is 12.6 Å². The van der Waals surface area contributed by atoms with Crippen LogP contribution >= 0.6 is 0 Å². The molecule has 1 aliphatic carbocycles. The summed E-state index contributed by atoms with van der Waals surface area (Å²) in [5.74, 6) is 0.962. The molecule has 0 aliphatic heterocycles. The second-order valence-corrected chi connectivity index (χ2v) is 5.53. The number of hydrogen-bond acceptors (Lipinski definition) is 4. The summed E-state index contributed by atoms with van der Waals surface area (Å²) in [5.41, 5.74) is 1.22. The van der Waals surface area contributed by atoms with E-state index in [0.717, 1.165) is 38.0 Å². The van der Waals surface area contributed by atoms with Gasteiger partial charge in [-0.1, -0.05) is 12.1 Å². The van der Waals surface area contributed by atoms with Crippen molar-refractivity contribution < 1.29 is 14.3 Å². The van der Waals surface area contributed by atoms with Gasteiger partial charge in [0.05, 0.1) is 19.6 Å². The third-order valence-electron chi connectivity index (χ3n) is 4.08. The van der Waals surface area contributed by atoms with Gasteiger partial charge in [-0.15, -0.1) is 0 Å². The fourth-order valence-electron chi connectivity index (χ4n) is 2.84. The monoisotopic (exact) mass is 291 g/mol. The fraction of sp³-hybridized carbons (Fsp3) is 0.588. The van der Waals surface area contributed by atoms with Crippen molar-refractivity contribution in [2.45, 2.75) is 45.2 Å². The smallest absolute Gasteiger partial charge is 0.308 e. The zero-order valence-corrected chi connectivity index (χ0v) is 12.9. The van der Waals surface area contributed by atoms with Gasteiger partial charge in [-0.05, 0) is 50.3 Å². The van der Waals surface area contributed by atoms with Crippen molar-refractivity contribution in [1.82, 2.24) is 5.32 Å². The summed E-state index contributed by atoms with van der Waals surface area (Å²) in [7, 11) is 1.68. The van der Waals surface area contributed by atoms with Crippen LogP contribution in [0.3, 0.4) is 0 Å². The number of ether oxygens (including phenoxy) is 2. The summed E-state index contributed by atoms with van der Waals surface area (Å²) in [6.45, 7) is 3.18. The van der Waals surface area contributed by atoms with Gasteiger partial charge in [0.15, 0.2) is 0 Å². The van der Waals surface area contributed by atoms with Crippen LogP contribution in [0.2, 0.25) is 0 Å².